The Morgan fingerprint density at radius 2 is 2.28 bits per heavy atom. The quantitative estimate of drug-likeness (QED) is 0.480. The summed E-state index contributed by atoms with van der Waals surface area (Å²) in [6.07, 6.45) is -2.88. The molecule has 0 radical (unpaired) electrons. The van der Waals surface area contributed by atoms with Crippen molar-refractivity contribution in [2.75, 3.05) is 7.11 Å². The molecule has 0 aliphatic heterocycles. The zero-order valence-electron chi connectivity index (χ0n) is 9.02. The molecule has 1 aromatic rings. The second kappa shape index (κ2) is 5.67. The number of hydrogen-bond acceptors (Lipinski definition) is 5. The lowest BCUT2D eigenvalue weighted by atomic mass is 10.1. The number of carbonyl (C=O) groups excluding carboxylic acids is 1. The third-order valence-electron chi connectivity index (χ3n) is 2.07. The van der Waals surface area contributed by atoms with E-state index in [1.54, 1.807) is 0 Å². The number of pyridine rings is 1. The molecule has 0 fully saturated rings. The first-order valence-electron chi connectivity index (χ1n) is 4.55. The summed E-state index contributed by atoms with van der Waals surface area (Å²) in [6.45, 7) is 0. The van der Waals surface area contributed by atoms with Crippen LogP contribution in [0.4, 0.5) is 14.5 Å². The Bertz CT molecular complexity index is 496. The van der Waals surface area contributed by atoms with Crippen LogP contribution in [0.25, 0.3) is 0 Å². The number of halogens is 3. The van der Waals surface area contributed by atoms with Gasteiger partial charge in [-0.3, -0.25) is 19.9 Å². The van der Waals surface area contributed by atoms with E-state index in [4.69, 9.17) is 11.6 Å². The fourth-order valence-corrected chi connectivity index (χ4v) is 1.54. The molecular formula is C9H7ClF2N2O4. The molecule has 9 heteroatoms. The first-order chi connectivity index (χ1) is 8.38. The number of esters is 1. The maximum Gasteiger partial charge on any atom is 0.311 e. The molecular weight excluding hydrogens is 274 g/mol. The summed E-state index contributed by atoms with van der Waals surface area (Å²) >= 11 is 5.52. The minimum Gasteiger partial charge on any atom is -0.469 e. The number of nitro groups is 1. The molecule has 0 aliphatic rings. The average Bonchev–Trinajstić information content (AvgIpc) is 2.27. The van der Waals surface area contributed by atoms with Crippen molar-refractivity contribution in [1.29, 1.82) is 0 Å². The van der Waals surface area contributed by atoms with Crippen LogP contribution in [0.1, 0.15) is 17.7 Å². The number of methoxy groups -OCH3 is 1. The molecule has 1 heterocycles. The highest BCUT2D eigenvalue weighted by atomic mass is 35.5. The molecule has 6 nitrogen and oxygen atoms in total. The van der Waals surface area contributed by atoms with Crippen molar-refractivity contribution in [2.24, 2.45) is 0 Å². The molecule has 0 unspecified atom stereocenters. The Labute approximate surface area is 105 Å². The number of ether oxygens (including phenoxy) is 1. The van der Waals surface area contributed by atoms with E-state index in [2.05, 4.69) is 9.72 Å². The Balaban J connectivity index is 3.32. The summed E-state index contributed by atoms with van der Waals surface area (Å²) in [5.74, 6) is -0.797. The zero-order valence-corrected chi connectivity index (χ0v) is 9.78. The maximum absolute atomic E-state index is 12.8. The van der Waals surface area contributed by atoms with Gasteiger partial charge in [0.2, 0.25) is 0 Å². The Hall–Kier alpha value is -1.83. The van der Waals surface area contributed by atoms with Gasteiger partial charge >= 0.3 is 11.7 Å². The van der Waals surface area contributed by atoms with Crippen LogP contribution in [-0.2, 0) is 16.0 Å². The third kappa shape index (κ3) is 2.89. The first-order valence-corrected chi connectivity index (χ1v) is 4.92. The summed E-state index contributed by atoms with van der Waals surface area (Å²) < 4.78 is 29.9. The normalized spacial score (nSPS) is 10.5. The van der Waals surface area contributed by atoms with Gasteiger partial charge in [0.05, 0.1) is 29.7 Å². The van der Waals surface area contributed by atoms with E-state index in [1.807, 2.05) is 0 Å². The fourth-order valence-electron chi connectivity index (χ4n) is 1.23. The third-order valence-corrected chi connectivity index (χ3v) is 2.47. The minimum absolute atomic E-state index is 0.340. The van der Waals surface area contributed by atoms with Gasteiger partial charge < -0.3 is 4.74 Å². The standard InChI is InChI=1S/C9H7ClF2N2O4/c1-18-6(15)2-4-7(9(11)12)8(10)5(3-13-4)14(16)17/h3,9H,2H2,1H3. The van der Waals surface area contributed by atoms with Crippen molar-refractivity contribution >= 4 is 23.3 Å². The van der Waals surface area contributed by atoms with Crippen molar-refractivity contribution < 1.29 is 23.2 Å². The van der Waals surface area contributed by atoms with Crippen LogP contribution in [0.3, 0.4) is 0 Å². The van der Waals surface area contributed by atoms with E-state index in [1.165, 1.54) is 0 Å². The van der Waals surface area contributed by atoms with Gasteiger partial charge in [0.1, 0.15) is 11.2 Å². The van der Waals surface area contributed by atoms with Gasteiger partial charge in [-0.15, -0.1) is 0 Å². The van der Waals surface area contributed by atoms with Gasteiger partial charge in [0, 0.05) is 0 Å². The van der Waals surface area contributed by atoms with Crippen molar-refractivity contribution in [1.82, 2.24) is 4.98 Å². The van der Waals surface area contributed by atoms with Gasteiger partial charge in [-0.25, -0.2) is 8.78 Å². The lowest BCUT2D eigenvalue weighted by molar-refractivity contribution is -0.385. The number of nitrogens with zero attached hydrogens (tertiary/aromatic N) is 2. The predicted molar refractivity (Wildman–Crippen MR) is 56.6 cm³/mol. The Kier molecular flexibility index (Phi) is 4.49. The largest absolute Gasteiger partial charge is 0.469 e. The topological polar surface area (TPSA) is 82.3 Å². The molecule has 0 N–H and O–H groups in total. The number of carbonyl (C=O) groups is 1. The van der Waals surface area contributed by atoms with Crippen molar-refractivity contribution in [2.45, 2.75) is 12.8 Å². The first kappa shape index (κ1) is 14.2. The van der Waals surface area contributed by atoms with Gasteiger partial charge in [0.25, 0.3) is 6.43 Å². The Morgan fingerprint density at radius 1 is 1.67 bits per heavy atom. The van der Waals surface area contributed by atoms with E-state index in [-0.39, 0.29) is 5.69 Å². The summed E-state index contributed by atoms with van der Waals surface area (Å²) in [6, 6.07) is 0. The summed E-state index contributed by atoms with van der Waals surface area (Å²) in [7, 11) is 1.08. The number of hydrogen-bond donors (Lipinski definition) is 0. The van der Waals surface area contributed by atoms with E-state index in [0.717, 1.165) is 13.3 Å². The average molecular weight is 281 g/mol. The fraction of sp³-hybridized carbons (Fsp3) is 0.333. The molecule has 1 aromatic heterocycles. The summed E-state index contributed by atoms with van der Waals surface area (Å²) in [5.41, 5.74) is -1.90. The second-order valence-electron chi connectivity index (χ2n) is 3.13. The molecule has 0 saturated heterocycles. The van der Waals surface area contributed by atoms with E-state index >= 15 is 0 Å². The lowest BCUT2D eigenvalue weighted by Gasteiger charge is -2.08. The number of rotatable bonds is 4. The number of aromatic nitrogens is 1. The predicted octanol–water partition coefficient (Wildman–Crippen LogP) is 2.30. The minimum atomic E-state index is -3.08. The van der Waals surface area contributed by atoms with Crippen molar-refractivity contribution in [3.63, 3.8) is 0 Å². The SMILES string of the molecule is COC(=O)Cc1ncc([N+](=O)[O-])c(Cl)c1C(F)F. The summed E-state index contributed by atoms with van der Waals surface area (Å²) in [5, 5.41) is 9.81. The highest BCUT2D eigenvalue weighted by Crippen LogP contribution is 2.35. The van der Waals surface area contributed by atoms with Crippen LogP contribution in [0.5, 0.6) is 0 Å². The summed E-state index contributed by atoms with van der Waals surface area (Å²) in [4.78, 5) is 24.1. The maximum atomic E-state index is 12.8. The van der Waals surface area contributed by atoms with E-state index < -0.39 is 40.0 Å². The molecule has 0 aromatic carbocycles. The van der Waals surface area contributed by atoms with Crippen LogP contribution < -0.4 is 0 Å². The monoisotopic (exact) mass is 280 g/mol. The van der Waals surface area contributed by atoms with Crippen LogP contribution in [0.2, 0.25) is 5.02 Å². The van der Waals surface area contributed by atoms with Crippen LogP contribution in [-0.4, -0.2) is 23.0 Å². The molecule has 0 aliphatic carbocycles. The van der Waals surface area contributed by atoms with Crippen LogP contribution in [0.15, 0.2) is 6.20 Å². The molecule has 98 valence electrons. The van der Waals surface area contributed by atoms with Gasteiger partial charge in [-0.05, 0) is 0 Å². The molecule has 0 spiro atoms. The van der Waals surface area contributed by atoms with E-state index in [9.17, 15) is 23.7 Å². The van der Waals surface area contributed by atoms with Crippen molar-refractivity contribution in [3.8, 4) is 0 Å². The molecule has 0 bridgehead atoms. The highest BCUT2D eigenvalue weighted by Gasteiger charge is 2.27. The second-order valence-corrected chi connectivity index (χ2v) is 3.51. The highest BCUT2D eigenvalue weighted by molar-refractivity contribution is 6.33. The Morgan fingerprint density at radius 3 is 2.72 bits per heavy atom. The smallest absolute Gasteiger partial charge is 0.311 e. The molecule has 18 heavy (non-hydrogen) atoms. The van der Waals surface area contributed by atoms with Crippen LogP contribution >= 0.6 is 11.6 Å². The molecule has 0 saturated carbocycles. The molecule has 0 amide bonds. The number of alkyl halides is 2. The van der Waals surface area contributed by atoms with Crippen molar-refractivity contribution in [3.05, 3.63) is 32.6 Å². The van der Waals surface area contributed by atoms with Crippen LogP contribution in [0, 0.1) is 10.1 Å². The molecule has 0 atom stereocenters. The van der Waals surface area contributed by atoms with E-state index in [0.29, 0.717) is 0 Å². The van der Waals surface area contributed by atoms with Gasteiger partial charge in [-0.2, -0.15) is 0 Å². The zero-order chi connectivity index (χ0) is 13.9. The van der Waals surface area contributed by atoms with Gasteiger partial charge in [0.15, 0.2) is 0 Å². The lowest BCUT2D eigenvalue weighted by Crippen LogP contribution is -2.10. The molecule has 1 rings (SSSR count). The van der Waals surface area contributed by atoms with Gasteiger partial charge in [-0.1, -0.05) is 11.6 Å².